The highest BCUT2D eigenvalue weighted by Gasteiger charge is 2.43. The standard InChI is InChI=1S/C14H22N4O2S2/c1-4-21-12-15-11(16-13(17-12)22-5-2)18-14(10(19)20-3)8-6-7-9-14/h4-9H2,1-3H3,(H,15,16,17,18). The quantitative estimate of drug-likeness (QED) is 0.598. The molecule has 2 rings (SSSR count). The minimum atomic E-state index is -0.696. The molecule has 0 saturated heterocycles. The van der Waals surface area contributed by atoms with E-state index in [1.165, 1.54) is 7.11 Å². The summed E-state index contributed by atoms with van der Waals surface area (Å²) in [7, 11) is 1.42. The fourth-order valence-corrected chi connectivity index (χ4v) is 3.73. The Morgan fingerprint density at radius 1 is 1.14 bits per heavy atom. The molecule has 122 valence electrons. The number of ether oxygens (including phenoxy) is 1. The zero-order valence-corrected chi connectivity index (χ0v) is 14.9. The van der Waals surface area contributed by atoms with Crippen molar-refractivity contribution >= 4 is 35.4 Å². The lowest BCUT2D eigenvalue weighted by Crippen LogP contribution is -2.45. The summed E-state index contributed by atoms with van der Waals surface area (Å²) in [6.07, 6.45) is 3.50. The molecule has 1 aromatic rings. The maximum absolute atomic E-state index is 12.2. The molecule has 1 saturated carbocycles. The number of nitrogens with zero attached hydrogens (tertiary/aromatic N) is 3. The predicted octanol–water partition coefficient (Wildman–Crippen LogP) is 2.99. The number of carbonyl (C=O) groups is 1. The lowest BCUT2D eigenvalue weighted by atomic mass is 9.98. The van der Waals surface area contributed by atoms with Crippen molar-refractivity contribution < 1.29 is 9.53 Å². The number of nitrogens with one attached hydrogen (secondary N) is 1. The first-order valence-corrected chi connectivity index (χ1v) is 9.49. The van der Waals surface area contributed by atoms with Gasteiger partial charge in [-0.1, -0.05) is 50.2 Å². The number of methoxy groups -OCH3 is 1. The first kappa shape index (κ1) is 17.3. The van der Waals surface area contributed by atoms with Crippen LogP contribution < -0.4 is 5.32 Å². The number of carbonyl (C=O) groups excluding carboxylic acids is 1. The zero-order chi connectivity index (χ0) is 16.0. The second-order valence-electron chi connectivity index (χ2n) is 5.00. The van der Waals surface area contributed by atoms with Crippen LogP contribution >= 0.6 is 23.5 Å². The average Bonchev–Trinajstić information content (AvgIpc) is 2.96. The molecule has 6 nitrogen and oxygen atoms in total. The summed E-state index contributed by atoms with van der Waals surface area (Å²) in [4.78, 5) is 25.5. The fourth-order valence-electron chi connectivity index (χ4n) is 2.55. The van der Waals surface area contributed by atoms with Crippen LogP contribution in [0.1, 0.15) is 39.5 Å². The highest BCUT2D eigenvalue weighted by molar-refractivity contribution is 7.99. The van der Waals surface area contributed by atoms with Crippen molar-refractivity contribution in [2.24, 2.45) is 0 Å². The Labute approximate surface area is 139 Å². The van der Waals surface area contributed by atoms with Crippen LogP contribution in [0.3, 0.4) is 0 Å². The van der Waals surface area contributed by atoms with Crippen LogP contribution in [-0.2, 0) is 9.53 Å². The van der Waals surface area contributed by atoms with E-state index < -0.39 is 5.54 Å². The number of esters is 1. The molecule has 1 N–H and O–H groups in total. The number of hydrogen-bond acceptors (Lipinski definition) is 8. The maximum atomic E-state index is 12.2. The monoisotopic (exact) mass is 342 g/mol. The summed E-state index contributed by atoms with van der Waals surface area (Å²) >= 11 is 3.14. The molecule has 0 amide bonds. The van der Waals surface area contributed by atoms with Crippen molar-refractivity contribution in [2.75, 3.05) is 23.9 Å². The molecule has 0 aliphatic heterocycles. The van der Waals surface area contributed by atoms with E-state index >= 15 is 0 Å². The second-order valence-corrected chi connectivity index (χ2v) is 7.46. The van der Waals surface area contributed by atoms with Gasteiger partial charge in [-0.2, -0.15) is 15.0 Å². The Kier molecular flexibility index (Phi) is 6.31. The van der Waals surface area contributed by atoms with Crippen LogP contribution in [0.15, 0.2) is 10.3 Å². The third-order valence-electron chi connectivity index (χ3n) is 3.53. The number of hydrogen-bond donors (Lipinski definition) is 1. The SMILES string of the molecule is CCSc1nc(NC2(C(=O)OC)CCCC2)nc(SCC)n1. The molecule has 8 heteroatoms. The molecule has 0 atom stereocenters. The Hall–Kier alpha value is -1.02. The third-order valence-corrected chi connectivity index (χ3v) is 4.98. The molecule has 0 aromatic carbocycles. The van der Waals surface area contributed by atoms with Gasteiger partial charge < -0.3 is 10.1 Å². The van der Waals surface area contributed by atoms with E-state index in [4.69, 9.17) is 4.74 Å². The van der Waals surface area contributed by atoms with E-state index in [0.717, 1.165) is 37.2 Å². The number of anilines is 1. The van der Waals surface area contributed by atoms with Crippen molar-refractivity contribution in [3.05, 3.63) is 0 Å². The molecular formula is C14H22N4O2S2. The highest BCUT2D eigenvalue weighted by atomic mass is 32.2. The van der Waals surface area contributed by atoms with Gasteiger partial charge in [-0.05, 0) is 24.3 Å². The summed E-state index contributed by atoms with van der Waals surface area (Å²) in [5.74, 6) is 2.01. The van der Waals surface area contributed by atoms with E-state index in [0.29, 0.717) is 16.3 Å². The van der Waals surface area contributed by atoms with Crippen LogP contribution in [0.2, 0.25) is 0 Å². The van der Waals surface area contributed by atoms with Crippen LogP contribution in [0.25, 0.3) is 0 Å². The van der Waals surface area contributed by atoms with Gasteiger partial charge >= 0.3 is 5.97 Å². The molecule has 0 radical (unpaired) electrons. The van der Waals surface area contributed by atoms with E-state index in [9.17, 15) is 4.79 Å². The molecule has 1 heterocycles. The largest absolute Gasteiger partial charge is 0.467 e. The van der Waals surface area contributed by atoms with Crippen LogP contribution in [0.4, 0.5) is 5.95 Å². The molecule has 0 bridgehead atoms. The van der Waals surface area contributed by atoms with Gasteiger partial charge in [-0.25, -0.2) is 4.79 Å². The van der Waals surface area contributed by atoms with Gasteiger partial charge in [-0.3, -0.25) is 0 Å². The van der Waals surface area contributed by atoms with Gasteiger partial charge in [0.2, 0.25) is 5.95 Å². The topological polar surface area (TPSA) is 77.0 Å². The molecular weight excluding hydrogens is 320 g/mol. The molecule has 1 fully saturated rings. The smallest absolute Gasteiger partial charge is 0.331 e. The van der Waals surface area contributed by atoms with Crippen molar-refractivity contribution in [3.8, 4) is 0 Å². The zero-order valence-electron chi connectivity index (χ0n) is 13.2. The maximum Gasteiger partial charge on any atom is 0.331 e. The molecule has 1 aromatic heterocycles. The van der Waals surface area contributed by atoms with Crippen molar-refractivity contribution in [2.45, 2.75) is 55.4 Å². The summed E-state index contributed by atoms with van der Waals surface area (Å²) in [5, 5.41) is 4.62. The van der Waals surface area contributed by atoms with Crippen molar-refractivity contribution in [1.29, 1.82) is 0 Å². The van der Waals surface area contributed by atoms with E-state index in [2.05, 4.69) is 34.1 Å². The predicted molar refractivity (Wildman–Crippen MR) is 89.5 cm³/mol. The molecule has 22 heavy (non-hydrogen) atoms. The minimum Gasteiger partial charge on any atom is -0.467 e. The lowest BCUT2D eigenvalue weighted by molar-refractivity contribution is -0.145. The summed E-state index contributed by atoms with van der Waals surface area (Å²) in [6, 6.07) is 0. The fraction of sp³-hybridized carbons (Fsp3) is 0.714. The minimum absolute atomic E-state index is 0.236. The van der Waals surface area contributed by atoms with Gasteiger partial charge in [0.05, 0.1) is 7.11 Å². The van der Waals surface area contributed by atoms with Gasteiger partial charge in [0.1, 0.15) is 5.54 Å². The van der Waals surface area contributed by atoms with Gasteiger partial charge in [0, 0.05) is 0 Å². The van der Waals surface area contributed by atoms with Crippen molar-refractivity contribution in [3.63, 3.8) is 0 Å². The summed E-state index contributed by atoms with van der Waals surface area (Å²) in [6.45, 7) is 4.11. The third kappa shape index (κ3) is 4.04. The second kappa shape index (κ2) is 8.01. The van der Waals surface area contributed by atoms with Crippen LogP contribution in [0.5, 0.6) is 0 Å². The van der Waals surface area contributed by atoms with Gasteiger partial charge in [-0.15, -0.1) is 0 Å². The number of aromatic nitrogens is 3. The number of rotatable bonds is 7. The van der Waals surface area contributed by atoms with E-state index in [1.807, 2.05) is 0 Å². The highest BCUT2D eigenvalue weighted by Crippen LogP contribution is 2.34. The van der Waals surface area contributed by atoms with E-state index in [1.54, 1.807) is 23.5 Å². The first-order chi connectivity index (χ1) is 10.6. The Morgan fingerprint density at radius 3 is 2.14 bits per heavy atom. The normalized spacial score (nSPS) is 16.5. The average molecular weight is 342 g/mol. The first-order valence-electron chi connectivity index (χ1n) is 7.52. The Balaban J connectivity index is 2.27. The molecule has 1 aliphatic carbocycles. The molecule has 0 unspecified atom stereocenters. The summed E-state index contributed by atoms with van der Waals surface area (Å²) in [5.41, 5.74) is -0.696. The van der Waals surface area contributed by atoms with Gasteiger partial charge in [0.25, 0.3) is 0 Å². The number of thioether (sulfide) groups is 2. The Bertz CT molecular complexity index is 497. The van der Waals surface area contributed by atoms with Crippen LogP contribution in [0, 0.1) is 0 Å². The molecule has 1 aliphatic rings. The van der Waals surface area contributed by atoms with Crippen LogP contribution in [-0.4, -0.2) is 45.1 Å². The Morgan fingerprint density at radius 2 is 1.68 bits per heavy atom. The van der Waals surface area contributed by atoms with Crippen molar-refractivity contribution in [1.82, 2.24) is 15.0 Å². The van der Waals surface area contributed by atoms with Gasteiger partial charge in [0.15, 0.2) is 10.3 Å². The molecule has 0 spiro atoms. The van der Waals surface area contributed by atoms with E-state index in [-0.39, 0.29) is 5.97 Å². The summed E-state index contributed by atoms with van der Waals surface area (Å²) < 4.78 is 4.98. The lowest BCUT2D eigenvalue weighted by Gasteiger charge is -2.27.